The molecule has 1 aromatic rings. The van der Waals surface area contributed by atoms with Crippen LogP contribution in [-0.4, -0.2) is 26.4 Å². The van der Waals surface area contributed by atoms with E-state index in [-0.39, 0.29) is 6.61 Å². The minimum atomic E-state index is 0.0833. The molecule has 0 spiro atoms. The summed E-state index contributed by atoms with van der Waals surface area (Å²) in [4.78, 5) is 0. The van der Waals surface area contributed by atoms with Crippen LogP contribution < -0.4 is 10.1 Å². The number of anilines is 1. The average molecular weight is 246 g/mol. The summed E-state index contributed by atoms with van der Waals surface area (Å²) in [6, 6.07) is 9.66. The van der Waals surface area contributed by atoms with Crippen LogP contribution in [0.5, 0.6) is 5.75 Å². The van der Waals surface area contributed by atoms with E-state index in [2.05, 4.69) is 5.32 Å². The van der Waals surface area contributed by atoms with E-state index < -0.39 is 0 Å². The number of hydrogen-bond acceptors (Lipinski definition) is 4. The molecule has 1 aliphatic heterocycles. The van der Waals surface area contributed by atoms with Gasteiger partial charge < -0.3 is 14.8 Å². The van der Waals surface area contributed by atoms with Gasteiger partial charge in [0.1, 0.15) is 11.8 Å². The lowest BCUT2D eigenvalue weighted by molar-refractivity contribution is 0.0595. The average Bonchev–Trinajstić information content (AvgIpc) is 2.44. The molecule has 0 radical (unpaired) electrons. The van der Waals surface area contributed by atoms with Crippen molar-refractivity contribution in [1.29, 1.82) is 5.26 Å². The lowest BCUT2D eigenvalue weighted by Crippen LogP contribution is -2.24. The molecule has 1 unspecified atom stereocenters. The summed E-state index contributed by atoms with van der Waals surface area (Å²) in [5, 5.41) is 11.9. The van der Waals surface area contributed by atoms with Gasteiger partial charge in [0, 0.05) is 24.9 Å². The Hall–Kier alpha value is -1.73. The Bertz CT molecular complexity index is 409. The topological polar surface area (TPSA) is 54.3 Å². The third kappa shape index (κ3) is 3.94. The maximum atomic E-state index is 8.47. The highest BCUT2D eigenvalue weighted by molar-refractivity contribution is 5.48. The van der Waals surface area contributed by atoms with Crippen LogP contribution in [0.15, 0.2) is 24.3 Å². The van der Waals surface area contributed by atoms with Gasteiger partial charge in [-0.2, -0.15) is 5.26 Å². The maximum absolute atomic E-state index is 8.47. The van der Waals surface area contributed by atoms with E-state index in [0.29, 0.717) is 5.92 Å². The van der Waals surface area contributed by atoms with Crippen LogP contribution in [-0.2, 0) is 4.74 Å². The van der Waals surface area contributed by atoms with E-state index in [4.69, 9.17) is 14.7 Å². The first-order valence-corrected chi connectivity index (χ1v) is 6.30. The van der Waals surface area contributed by atoms with Crippen molar-refractivity contribution in [1.82, 2.24) is 0 Å². The summed E-state index contributed by atoms with van der Waals surface area (Å²) in [5.41, 5.74) is 1.02. The minimum Gasteiger partial charge on any atom is -0.479 e. The predicted octanol–water partition coefficient (Wildman–Crippen LogP) is 2.43. The molecule has 4 nitrogen and oxygen atoms in total. The fourth-order valence-electron chi connectivity index (χ4n) is 2.04. The summed E-state index contributed by atoms with van der Waals surface area (Å²) in [5.74, 6) is 1.31. The number of benzene rings is 1. The van der Waals surface area contributed by atoms with Gasteiger partial charge in [0.05, 0.1) is 6.61 Å². The molecule has 96 valence electrons. The zero-order chi connectivity index (χ0) is 12.6. The number of ether oxygens (including phenoxy) is 2. The molecule has 4 heteroatoms. The molecule has 0 aliphatic carbocycles. The Morgan fingerprint density at radius 2 is 2.44 bits per heavy atom. The van der Waals surface area contributed by atoms with Crippen molar-refractivity contribution in [3.63, 3.8) is 0 Å². The predicted molar refractivity (Wildman–Crippen MR) is 69.6 cm³/mol. The van der Waals surface area contributed by atoms with Crippen LogP contribution in [0.25, 0.3) is 0 Å². The number of nitrogens with zero attached hydrogens (tertiary/aromatic N) is 1. The fourth-order valence-corrected chi connectivity index (χ4v) is 2.04. The molecule has 1 atom stereocenters. The highest BCUT2D eigenvalue weighted by Gasteiger charge is 2.13. The van der Waals surface area contributed by atoms with Gasteiger partial charge in [0.15, 0.2) is 6.61 Å². The van der Waals surface area contributed by atoms with Gasteiger partial charge in [-0.05, 0) is 30.9 Å². The normalized spacial score (nSPS) is 18.9. The van der Waals surface area contributed by atoms with E-state index in [1.165, 1.54) is 6.42 Å². The number of nitrogens with one attached hydrogen (secondary N) is 1. The van der Waals surface area contributed by atoms with Crippen LogP contribution in [0.1, 0.15) is 12.8 Å². The molecule has 1 fully saturated rings. The van der Waals surface area contributed by atoms with Crippen molar-refractivity contribution in [3.8, 4) is 11.8 Å². The molecule has 1 aliphatic rings. The van der Waals surface area contributed by atoms with E-state index >= 15 is 0 Å². The lowest BCUT2D eigenvalue weighted by atomic mass is 10.0. The molecule has 1 aromatic carbocycles. The summed E-state index contributed by atoms with van der Waals surface area (Å²) in [6.45, 7) is 2.74. The molecule has 0 bridgehead atoms. The van der Waals surface area contributed by atoms with Crippen LogP contribution in [0.3, 0.4) is 0 Å². The Kier molecular flexibility index (Phi) is 4.86. The van der Waals surface area contributed by atoms with Crippen molar-refractivity contribution in [3.05, 3.63) is 24.3 Å². The smallest absolute Gasteiger partial charge is 0.174 e. The third-order valence-electron chi connectivity index (χ3n) is 2.99. The standard InChI is InChI=1S/C14H18N2O2/c15-6-8-18-14-5-1-4-13(9-14)16-10-12-3-2-7-17-11-12/h1,4-5,9,12,16H,2-3,7-8,10-11H2. The van der Waals surface area contributed by atoms with Gasteiger partial charge in [-0.1, -0.05) is 6.07 Å². The highest BCUT2D eigenvalue weighted by Crippen LogP contribution is 2.19. The fraction of sp³-hybridized carbons (Fsp3) is 0.500. The van der Waals surface area contributed by atoms with E-state index in [0.717, 1.165) is 37.6 Å². The third-order valence-corrected chi connectivity index (χ3v) is 2.99. The van der Waals surface area contributed by atoms with Crippen LogP contribution in [0.4, 0.5) is 5.69 Å². The summed E-state index contributed by atoms with van der Waals surface area (Å²) >= 11 is 0. The monoisotopic (exact) mass is 246 g/mol. The molecule has 1 heterocycles. The van der Waals surface area contributed by atoms with Crippen molar-refractivity contribution in [2.45, 2.75) is 12.8 Å². The number of nitriles is 1. The minimum absolute atomic E-state index is 0.0833. The van der Waals surface area contributed by atoms with E-state index in [9.17, 15) is 0 Å². The lowest BCUT2D eigenvalue weighted by Gasteiger charge is -2.22. The second kappa shape index (κ2) is 6.87. The Morgan fingerprint density at radius 3 is 3.22 bits per heavy atom. The highest BCUT2D eigenvalue weighted by atomic mass is 16.5. The first-order valence-electron chi connectivity index (χ1n) is 6.30. The molecule has 0 amide bonds. The van der Waals surface area contributed by atoms with Gasteiger partial charge >= 0.3 is 0 Å². The SMILES string of the molecule is N#CCOc1cccc(NCC2CCCOC2)c1. The number of rotatable bonds is 5. The molecular weight excluding hydrogens is 228 g/mol. The van der Waals surface area contributed by atoms with Gasteiger partial charge in [-0.25, -0.2) is 0 Å². The first-order chi connectivity index (χ1) is 8.88. The molecule has 1 saturated heterocycles. The van der Waals surface area contributed by atoms with Crippen molar-refractivity contribution in [2.24, 2.45) is 5.92 Å². The molecule has 0 aromatic heterocycles. The van der Waals surface area contributed by atoms with Crippen molar-refractivity contribution < 1.29 is 9.47 Å². The van der Waals surface area contributed by atoms with Crippen LogP contribution in [0.2, 0.25) is 0 Å². The Labute approximate surface area is 108 Å². The molecular formula is C14H18N2O2. The van der Waals surface area contributed by atoms with E-state index in [1.807, 2.05) is 30.3 Å². The first kappa shape index (κ1) is 12.7. The van der Waals surface area contributed by atoms with Crippen molar-refractivity contribution >= 4 is 5.69 Å². The van der Waals surface area contributed by atoms with Gasteiger partial charge in [0.2, 0.25) is 0 Å². The zero-order valence-corrected chi connectivity index (χ0v) is 10.4. The largest absolute Gasteiger partial charge is 0.479 e. The summed E-state index contributed by atoms with van der Waals surface area (Å²) < 4.78 is 10.7. The molecule has 1 N–H and O–H groups in total. The van der Waals surface area contributed by atoms with E-state index in [1.54, 1.807) is 0 Å². The van der Waals surface area contributed by atoms with Gasteiger partial charge in [-0.3, -0.25) is 0 Å². The van der Waals surface area contributed by atoms with Crippen LogP contribution >= 0.6 is 0 Å². The van der Waals surface area contributed by atoms with Crippen LogP contribution in [0, 0.1) is 17.2 Å². The Balaban J connectivity index is 1.82. The maximum Gasteiger partial charge on any atom is 0.174 e. The summed E-state index contributed by atoms with van der Waals surface area (Å²) in [7, 11) is 0. The second-order valence-corrected chi connectivity index (χ2v) is 4.44. The quantitative estimate of drug-likeness (QED) is 0.867. The molecule has 0 saturated carbocycles. The summed E-state index contributed by atoms with van der Waals surface area (Å²) in [6.07, 6.45) is 2.37. The zero-order valence-electron chi connectivity index (χ0n) is 10.4. The Morgan fingerprint density at radius 1 is 1.50 bits per heavy atom. The molecule has 2 rings (SSSR count). The molecule has 18 heavy (non-hydrogen) atoms. The second-order valence-electron chi connectivity index (χ2n) is 4.44. The van der Waals surface area contributed by atoms with Gasteiger partial charge in [0.25, 0.3) is 0 Å². The number of hydrogen-bond donors (Lipinski definition) is 1. The van der Waals surface area contributed by atoms with Crippen molar-refractivity contribution in [2.75, 3.05) is 31.7 Å². The van der Waals surface area contributed by atoms with Gasteiger partial charge in [-0.15, -0.1) is 0 Å².